The van der Waals surface area contributed by atoms with Gasteiger partial charge in [-0.2, -0.15) is 13.2 Å². The van der Waals surface area contributed by atoms with Gasteiger partial charge in [-0.05, 0) is 59.2 Å². The molecule has 0 bridgehead atoms. The van der Waals surface area contributed by atoms with Crippen molar-refractivity contribution >= 4 is 11.9 Å². The van der Waals surface area contributed by atoms with Crippen molar-refractivity contribution in [3.8, 4) is 23.0 Å². The Hall–Kier alpha value is -4.52. The Bertz CT molecular complexity index is 1520. The van der Waals surface area contributed by atoms with Crippen LogP contribution in [0.15, 0.2) is 96.6 Å². The Morgan fingerprint density at radius 2 is 1.50 bits per heavy atom. The molecule has 4 nitrogen and oxygen atoms in total. The number of benzene rings is 4. The normalized spacial score (nSPS) is 15.9. The number of hydrogen-bond donors (Lipinski definition) is 0. The smallest absolute Gasteiger partial charge is 0.416 e. The summed E-state index contributed by atoms with van der Waals surface area (Å²) in [5, 5.41) is 0. The van der Waals surface area contributed by atoms with E-state index in [1.165, 1.54) is 19.2 Å². The highest BCUT2D eigenvalue weighted by molar-refractivity contribution is 6.19. The summed E-state index contributed by atoms with van der Waals surface area (Å²) in [4.78, 5) is 13.9. The quantitative estimate of drug-likeness (QED) is 0.244. The molecule has 0 saturated carbocycles. The number of fused-ring (bicyclic) bond motifs is 1. The Balaban J connectivity index is 1.62. The number of carbonyl (C=O) groups is 1. The summed E-state index contributed by atoms with van der Waals surface area (Å²) in [5.41, 5.74) is 2.37. The zero-order valence-electron chi connectivity index (χ0n) is 20.6. The van der Waals surface area contributed by atoms with Crippen LogP contribution >= 0.6 is 0 Å². The van der Waals surface area contributed by atoms with E-state index in [-0.39, 0.29) is 17.3 Å². The zero-order valence-corrected chi connectivity index (χ0v) is 20.6. The molecule has 0 aliphatic heterocycles. The third kappa shape index (κ3) is 4.75. The van der Waals surface area contributed by atoms with Crippen LogP contribution < -0.4 is 14.2 Å². The monoisotopic (exact) mass is 516 g/mol. The van der Waals surface area contributed by atoms with Crippen molar-refractivity contribution in [1.82, 2.24) is 0 Å². The Labute approximate surface area is 217 Å². The summed E-state index contributed by atoms with van der Waals surface area (Å²) in [6, 6.07) is 24.7. The minimum atomic E-state index is -4.51. The second-order valence-electron chi connectivity index (χ2n) is 8.73. The number of methoxy groups -OCH3 is 2. The van der Waals surface area contributed by atoms with E-state index in [9.17, 15) is 18.0 Å². The predicted molar refractivity (Wildman–Crippen MR) is 138 cm³/mol. The van der Waals surface area contributed by atoms with E-state index in [1.807, 2.05) is 42.5 Å². The van der Waals surface area contributed by atoms with Crippen LogP contribution in [0, 0.1) is 0 Å². The fraction of sp³-hybridized carbons (Fsp3) is 0.129. The van der Waals surface area contributed by atoms with Gasteiger partial charge in [0.15, 0.2) is 17.3 Å². The van der Waals surface area contributed by atoms with Gasteiger partial charge in [0.2, 0.25) is 0 Å². The molecule has 7 heteroatoms. The maximum atomic E-state index is 13.9. The molecule has 0 radical (unpaired) electrons. The third-order valence-electron chi connectivity index (χ3n) is 6.42. The number of Topliss-reactive ketones (excluding diaryl/α,β-unsaturated/α-hetero) is 1. The Morgan fingerprint density at radius 3 is 2.21 bits per heavy atom. The summed E-state index contributed by atoms with van der Waals surface area (Å²) in [6.07, 6.45) is -2.71. The average Bonchev–Trinajstić information content (AvgIpc) is 3.20. The van der Waals surface area contributed by atoms with E-state index in [1.54, 1.807) is 37.5 Å². The van der Waals surface area contributed by atoms with Crippen molar-refractivity contribution in [1.29, 1.82) is 0 Å². The molecule has 38 heavy (non-hydrogen) atoms. The lowest BCUT2D eigenvalue weighted by atomic mass is 9.89. The summed E-state index contributed by atoms with van der Waals surface area (Å²) < 4.78 is 56.4. The van der Waals surface area contributed by atoms with Crippen molar-refractivity contribution in [2.45, 2.75) is 12.1 Å². The summed E-state index contributed by atoms with van der Waals surface area (Å²) in [6.45, 7) is 0. The number of hydrogen-bond acceptors (Lipinski definition) is 4. The largest absolute Gasteiger partial charge is 0.493 e. The van der Waals surface area contributed by atoms with Gasteiger partial charge in [0.25, 0.3) is 0 Å². The maximum absolute atomic E-state index is 13.9. The van der Waals surface area contributed by atoms with Gasteiger partial charge in [-0.25, -0.2) is 0 Å². The van der Waals surface area contributed by atoms with Crippen molar-refractivity contribution < 1.29 is 32.2 Å². The van der Waals surface area contributed by atoms with Crippen molar-refractivity contribution in [3.63, 3.8) is 0 Å². The lowest BCUT2D eigenvalue weighted by Crippen LogP contribution is -2.05. The first-order chi connectivity index (χ1) is 18.3. The molecular weight excluding hydrogens is 493 g/mol. The molecular formula is C31H23F3O4. The standard InChI is InChI=1S/C31H23F3O4/c1-36-25-15-14-19(17-27(25)37-2)16-24-28(20-8-4-3-5-9-20)23-12-7-13-26(29(23)30(24)35)38-22-11-6-10-21(18-22)31(32,33)34/h3-18,28H,1-2H3/b24-16-/t28-/m1/s1. The van der Waals surface area contributed by atoms with Gasteiger partial charge in [0.05, 0.1) is 25.3 Å². The number of rotatable bonds is 6. The van der Waals surface area contributed by atoms with E-state index in [0.29, 0.717) is 22.6 Å². The highest BCUT2D eigenvalue weighted by Gasteiger charge is 2.38. The van der Waals surface area contributed by atoms with Crippen molar-refractivity contribution in [2.75, 3.05) is 14.2 Å². The van der Waals surface area contributed by atoms with Gasteiger partial charge < -0.3 is 14.2 Å². The van der Waals surface area contributed by atoms with E-state index in [4.69, 9.17) is 14.2 Å². The second kappa shape index (κ2) is 10.1. The first-order valence-corrected chi connectivity index (χ1v) is 11.8. The van der Waals surface area contributed by atoms with E-state index in [2.05, 4.69) is 0 Å². The highest BCUT2D eigenvalue weighted by Crippen LogP contribution is 2.47. The van der Waals surface area contributed by atoms with Gasteiger partial charge >= 0.3 is 6.18 Å². The van der Waals surface area contributed by atoms with Crippen LogP contribution in [0.3, 0.4) is 0 Å². The molecule has 0 N–H and O–H groups in total. The molecule has 4 aromatic carbocycles. The van der Waals surface area contributed by atoms with Crippen molar-refractivity contribution in [3.05, 3.63) is 124 Å². The number of ketones is 1. The van der Waals surface area contributed by atoms with Gasteiger partial charge in [0, 0.05) is 11.5 Å². The molecule has 0 amide bonds. The zero-order chi connectivity index (χ0) is 26.9. The van der Waals surface area contributed by atoms with Gasteiger partial charge in [-0.1, -0.05) is 54.6 Å². The van der Waals surface area contributed by atoms with E-state index >= 15 is 0 Å². The number of ether oxygens (including phenoxy) is 3. The fourth-order valence-corrected chi connectivity index (χ4v) is 4.70. The van der Waals surface area contributed by atoms with Crippen LogP contribution in [0.1, 0.15) is 38.5 Å². The Morgan fingerprint density at radius 1 is 0.763 bits per heavy atom. The predicted octanol–water partition coefficient (Wildman–Crippen LogP) is 7.93. The molecule has 5 rings (SSSR count). The van der Waals surface area contributed by atoms with Crippen molar-refractivity contribution in [2.24, 2.45) is 0 Å². The summed E-state index contributed by atoms with van der Waals surface area (Å²) in [7, 11) is 3.08. The second-order valence-corrected chi connectivity index (χ2v) is 8.73. The van der Waals surface area contributed by atoms with E-state index < -0.39 is 17.7 Å². The maximum Gasteiger partial charge on any atom is 0.416 e. The third-order valence-corrected chi connectivity index (χ3v) is 6.42. The van der Waals surface area contributed by atoms with Gasteiger partial charge in [-0.15, -0.1) is 0 Å². The number of alkyl halides is 3. The first kappa shape index (κ1) is 25.1. The number of allylic oxidation sites excluding steroid dienone is 1. The molecule has 1 aliphatic carbocycles. The molecule has 192 valence electrons. The highest BCUT2D eigenvalue weighted by atomic mass is 19.4. The summed E-state index contributed by atoms with van der Waals surface area (Å²) >= 11 is 0. The molecule has 0 saturated heterocycles. The molecule has 0 spiro atoms. The van der Waals surface area contributed by atoms with Gasteiger partial charge in [0.1, 0.15) is 11.5 Å². The lowest BCUT2D eigenvalue weighted by Gasteiger charge is -2.15. The summed E-state index contributed by atoms with van der Waals surface area (Å²) in [5.74, 6) is 0.628. The fourth-order valence-electron chi connectivity index (χ4n) is 4.70. The minimum Gasteiger partial charge on any atom is -0.493 e. The van der Waals surface area contributed by atoms with Crippen LogP contribution in [-0.4, -0.2) is 20.0 Å². The van der Waals surface area contributed by atoms with Crippen LogP contribution in [0.5, 0.6) is 23.0 Å². The molecule has 4 aromatic rings. The molecule has 0 aromatic heterocycles. The van der Waals surface area contributed by atoms with Crippen LogP contribution in [0.2, 0.25) is 0 Å². The molecule has 1 aliphatic rings. The number of carbonyl (C=O) groups excluding carboxylic acids is 1. The van der Waals surface area contributed by atoms with Crippen LogP contribution in [0.4, 0.5) is 13.2 Å². The molecule has 0 fully saturated rings. The topological polar surface area (TPSA) is 44.8 Å². The SMILES string of the molecule is COc1ccc(/C=C2\C(=O)c3c(Oc4cccc(C(F)(F)F)c4)cccc3[C@H]2c2ccccc2)cc1OC. The molecule has 0 heterocycles. The average molecular weight is 517 g/mol. The van der Waals surface area contributed by atoms with Gasteiger partial charge in [-0.3, -0.25) is 4.79 Å². The minimum absolute atomic E-state index is 0.00499. The Kier molecular flexibility index (Phi) is 6.68. The lowest BCUT2D eigenvalue weighted by molar-refractivity contribution is -0.137. The van der Waals surface area contributed by atoms with E-state index in [0.717, 1.165) is 28.8 Å². The molecule has 1 atom stereocenters. The molecule has 0 unspecified atom stereocenters. The van der Waals surface area contributed by atoms with Crippen LogP contribution in [0.25, 0.3) is 6.08 Å². The number of halogens is 3. The first-order valence-electron chi connectivity index (χ1n) is 11.8. The van der Waals surface area contributed by atoms with Crippen LogP contribution in [-0.2, 0) is 6.18 Å².